The Bertz CT molecular complexity index is 686. The Morgan fingerprint density at radius 3 is 3.27 bits per heavy atom. The van der Waals surface area contributed by atoms with Gasteiger partial charge < -0.3 is 14.8 Å². The Morgan fingerprint density at radius 1 is 1.59 bits per heavy atom. The van der Waals surface area contributed by atoms with Crippen molar-refractivity contribution in [3.63, 3.8) is 0 Å². The Hall–Kier alpha value is -2.05. The zero-order valence-electron chi connectivity index (χ0n) is 12.1. The first kappa shape index (κ1) is 14.9. The van der Waals surface area contributed by atoms with Crippen molar-refractivity contribution in [3.8, 4) is 5.75 Å². The first-order valence-electron chi connectivity index (χ1n) is 6.93. The van der Waals surface area contributed by atoms with E-state index in [0.717, 1.165) is 5.56 Å². The number of hydrogen-bond donors (Lipinski definition) is 1. The largest absolute Gasteiger partial charge is 0.480 e. The van der Waals surface area contributed by atoms with Gasteiger partial charge in [-0.1, -0.05) is 11.6 Å². The summed E-state index contributed by atoms with van der Waals surface area (Å²) in [4.78, 5) is 12.3. The molecule has 0 fully saturated rings. The maximum absolute atomic E-state index is 12.3. The number of methoxy groups -OCH3 is 1. The summed E-state index contributed by atoms with van der Waals surface area (Å²) in [6.07, 6.45) is 3.33. The number of carbonyl (C=O) groups excluding carboxylic acids is 1. The highest BCUT2D eigenvalue weighted by Crippen LogP contribution is 2.31. The summed E-state index contributed by atoms with van der Waals surface area (Å²) in [7, 11) is 1.63. The molecule has 1 unspecified atom stereocenters. The summed E-state index contributed by atoms with van der Waals surface area (Å²) in [5, 5.41) is 7.60. The first-order chi connectivity index (χ1) is 10.7. The second-order valence-corrected chi connectivity index (χ2v) is 5.47. The third-order valence-corrected chi connectivity index (χ3v) is 3.65. The van der Waals surface area contributed by atoms with Crippen molar-refractivity contribution in [2.24, 2.45) is 0 Å². The number of amides is 1. The molecule has 0 saturated carbocycles. The Morgan fingerprint density at radius 2 is 2.45 bits per heavy atom. The minimum atomic E-state index is -0.546. The topological polar surface area (TPSA) is 65.4 Å². The van der Waals surface area contributed by atoms with Gasteiger partial charge >= 0.3 is 0 Å². The molecular formula is C15H16ClN3O3. The van der Waals surface area contributed by atoms with E-state index in [1.54, 1.807) is 36.3 Å². The van der Waals surface area contributed by atoms with Crippen molar-refractivity contribution in [1.29, 1.82) is 0 Å². The predicted molar refractivity (Wildman–Crippen MR) is 82.3 cm³/mol. The third kappa shape index (κ3) is 3.23. The molecule has 1 aromatic carbocycles. The highest BCUT2D eigenvalue weighted by Gasteiger charge is 2.29. The summed E-state index contributed by atoms with van der Waals surface area (Å²) < 4.78 is 12.3. The molecule has 2 aromatic rings. The van der Waals surface area contributed by atoms with Crippen LogP contribution in [-0.4, -0.2) is 35.5 Å². The molecule has 0 bridgehead atoms. The van der Waals surface area contributed by atoms with E-state index in [9.17, 15) is 4.79 Å². The number of nitrogens with zero attached hydrogens (tertiary/aromatic N) is 2. The van der Waals surface area contributed by atoms with Gasteiger partial charge in [-0.25, -0.2) is 0 Å². The lowest BCUT2D eigenvalue weighted by Gasteiger charge is -2.09. The SMILES string of the molecule is COCCn1cc(NC(=O)C2Cc3cc(Cl)ccc3O2)cn1. The molecular weight excluding hydrogens is 306 g/mol. The molecule has 0 radical (unpaired) electrons. The molecule has 116 valence electrons. The number of carbonyl (C=O) groups is 1. The summed E-state index contributed by atoms with van der Waals surface area (Å²) in [5.41, 5.74) is 1.59. The van der Waals surface area contributed by atoms with Crippen LogP contribution in [-0.2, 0) is 22.5 Å². The van der Waals surface area contributed by atoms with Crippen molar-refractivity contribution in [3.05, 3.63) is 41.2 Å². The average Bonchev–Trinajstić information content (AvgIpc) is 3.11. The molecule has 0 spiro atoms. The lowest BCUT2D eigenvalue weighted by Crippen LogP contribution is -2.31. The number of benzene rings is 1. The number of ether oxygens (including phenoxy) is 2. The van der Waals surface area contributed by atoms with Gasteiger partial charge in [0, 0.05) is 24.8 Å². The lowest BCUT2D eigenvalue weighted by molar-refractivity contribution is -0.122. The summed E-state index contributed by atoms with van der Waals surface area (Å²) >= 11 is 5.95. The van der Waals surface area contributed by atoms with Crippen LogP contribution in [0.2, 0.25) is 5.02 Å². The molecule has 0 saturated heterocycles. The van der Waals surface area contributed by atoms with Crippen molar-refractivity contribution in [2.45, 2.75) is 19.1 Å². The van der Waals surface area contributed by atoms with Crippen molar-refractivity contribution >= 4 is 23.2 Å². The molecule has 6 nitrogen and oxygen atoms in total. The monoisotopic (exact) mass is 321 g/mol. The zero-order valence-corrected chi connectivity index (χ0v) is 12.8. The van der Waals surface area contributed by atoms with Crippen LogP contribution in [0.4, 0.5) is 5.69 Å². The van der Waals surface area contributed by atoms with Gasteiger partial charge in [0.05, 0.1) is 25.0 Å². The van der Waals surface area contributed by atoms with Gasteiger partial charge in [0.1, 0.15) is 5.75 Å². The Kier molecular flexibility index (Phi) is 4.31. The van der Waals surface area contributed by atoms with E-state index in [0.29, 0.717) is 36.0 Å². The van der Waals surface area contributed by atoms with E-state index in [-0.39, 0.29) is 5.91 Å². The van der Waals surface area contributed by atoms with E-state index in [2.05, 4.69) is 10.4 Å². The van der Waals surface area contributed by atoms with Gasteiger partial charge in [-0.2, -0.15) is 5.10 Å². The fraction of sp³-hybridized carbons (Fsp3) is 0.333. The molecule has 1 aliphatic heterocycles. The Balaban J connectivity index is 1.60. The van der Waals surface area contributed by atoms with Crippen LogP contribution in [0.25, 0.3) is 0 Å². The second kappa shape index (κ2) is 6.37. The summed E-state index contributed by atoms with van der Waals surface area (Å²) in [5.74, 6) is 0.513. The molecule has 7 heteroatoms. The van der Waals surface area contributed by atoms with Gasteiger partial charge in [0.25, 0.3) is 5.91 Å². The minimum absolute atomic E-state index is 0.196. The number of halogens is 1. The highest BCUT2D eigenvalue weighted by atomic mass is 35.5. The molecule has 0 aliphatic carbocycles. The van der Waals surface area contributed by atoms with Crippen LogP contribution in [0.15, 0.2) is 30.6 Å². The fourth-order valence-electron chi connectivity index (χ4n) is 2.32. The van der Waals surface area contributed by atoms with E-state index in [1.165, 1.54) is 0 Å². The summed E-state index contributed by atoms with van der Waals surface area (Å²) in [6.45, 7) is 1.20. The quantitative estimate of drug-likeness (QED) is 0.916. The molecule has 2 heterocycles. The number of rotatable bonds is 5. The van der Waals surface area contributed by atoms with E-state index in [4.69, 9.17) is 21.1 Å². The summed E-state index contributed by atoms with van der Waals surface area (Å²) in [6, 6.07) is 5.36. The van der Waals surface area contributed by atoms with Gasteiger partial charge in [0.2, 0.25) is 0 Å². The fourth-order valence-corrected chi connectivity index (χ4v) is 2.52. The standard InChI is InChI=1S/C15H16ClN3O3/c1-21-5-4-19-9-12(8-17-19)18-15(20)14-7-10-6-11(16)2-3-13(10)22-14/h2-3,6,8-9,14H,4-5,7H2,1H3,(H,18,20). The predicted octanol–water partition coefficient (Wildman–Crippen LogP) is 2.13. The molecule has 22 heavy (non-hydrogen) atoms. The molecule has 3 rings (SSSR count). The van der Waals surface area contributed by atoms with E-state index >= 15 is 0 Å². The number of aromatic nitrogens is 2. The molecule has 1 atom stereocenters. The van der Waals surface area contributed by atoms with Gasteiger partial charge in [0.15, 0.2) is 6.10 Å². The van der Waals surface area contributed by atoms with Crippen LogP contribution < -0.4 is 10.1 Å². The first-order valence-corrected chi connectivity index (χ1v) is 7.31. The second-order valence-electron chi connectivity index (χ2n) is 5.04. The lowest BCUT2D eigenvalue weighted by atomic mass is 10.1. The van der Waals surface area contributed by atoms with E-state index in [1.807, 2.05) is 6.07 Å². The molecule has 1 N–H and O–H groups in total. The normalized spacial score (nSPS) is 16.2. The smallest absolute Gasteiger partial charge is 0.265 e. The van der Waals surface area contributed by atoms with Crippen molar-refractivity contribution in [1.82, 2.24) is 9.78 Å². The maximum atomic E-state index is 12.3. The van der Waals surface area contributed by atoms with Gasteiger partial charge in [-0.15, -0.1) is 0 Å². The van der Waals surface area contributed by atoms with Gasteiger partial charge in [-0.3, -0.25) is 9.48 Å². The third-order valence-electron chi connectivity index (χ3n) is 3.41. The molecule has 1 amide bonds. The van der Waals surface area contributed by atoms with Crippen molar-refractivity contribution < 1.29 is 14.3 Å². The maximum Gasteiger partial charge on any atom is 0.265 e. The van der Waals surface area contributed by atoms with Crippen molar-refractivity contribution in [2.75, 3.05) is 19.0 Å². The number of anilines is 1. The van der Waals surface area contributed by atoms with Crippen LogP contribution in [0, 0.1) is 0 Å². The van der Waals surface area contributed by atoms with Crippen LogP contribution in [0.3, 0.4) is 0 Å². The molecule has 1 aromatic heterocycles. The number of fused-ring (bicyclic) bond motifs is 1. The van der Waals surface area contributed by atoms with Gasteiger partial charge in [-0.05, 0) is 23.8 Å². The zero-order chi connectivity index (χ0) is 15.5. The highest BCUT2D eigenvalue weighted by molar-refractivity contribution is 6.30. The van der Waals surface area contributed by atoms with Crippen LogP contribution in [0.5, 0.6) is 5.75 Å². The Labute approximate surface area is 133 Å². The molecule has 1 aliphatic rings. The van der Waals surface area contributed by atoms with Crippen LogP contribution >= 0.6 is 11.6 Å². The number of hydrogen-bond acceptors (Lipinski definition) is 4. The van der Waals surface area contributed by atoms with Crippen LogP contribution in [0.1, 0.15) is 5.56 Å². The average molecular weight is 322 g/mol. The minimum Gasteiger partial charge on any atom is -0.480 e. The van der Waals surface area contributed by atoms with E-state index < -0.39 is 6.10 Å². The number of nitrogens with one attached hydrogen (secondary N) is 1.